The molecule has 0 fully saturated rings. The molecule has 4 heteroatoms. The van der Waals surface area contributed by atoms with E-state index in [2.05, 4.69) is 6.58 Å². The molecule has 0 aliphatic rings. The highest BCUT2D eigenvalue weighted by Crippen LogP contribution is 2.19. The van der Waals surface area contributed by atoms with Crippen LogP contribution < -0.4 is 10.3 Å². The molecule has 92 valence electrons. The summed E-state index contributed by atoms with van der Waals surface area (Å²) in [5.41, 5.74) is 0.492. The fraction of sp³-hybridized carbons (Fsp3) is 0.143. The number of benzene rings is 1. The van der Waals surface area contributed by atoms with Gasteiger partial charge in [0.25, 0.3) is 5.56 Å². The highest BCUT2D eigenvalue weighted by Gasteiger charge is 2.04. The van der Waals surface area contributed by atoms with E-state index in [1.807, 2.05) is 12.1 Å². The summed E-state index contributed by atoms with van der Waals surface area (Å²) in [6, 6.07) is 8.62. The Bertz CT molecular complexity index is 643. The Morgan fingerprint density at radius 1 is 1.28 bits per heavy atom. The third-order valence-corrected chi connectivity index (χ3v) is 2.59. The molecule has 1 heterocycles. The molecule has 0 amide bonds. The molecule has 0 N–H and O–H groups in total. The number of ether oxygens (including phenoxy) is 1. The van der Waals surface area contributed by atoms with E-state index in [-0.39, 0.29) is 12.1 Å². The van der Waals surface area contributed by atoms with Crippen molar-refractivity contribution >= 4 is 17.2 Å². The van der Waals surface area contributed by atoms with E-state index < -0.39 is 0 Å². The van der Waals surface area contributed by atoms with Crippen LogP contribution >= 0.6 is 0 Å². The molecule has 4 nitrogen and oxygen atoms in total. The zero-order valence-electron chi connectivity index (χ0n) is 9.83. The molecule has 0 aliphatic carbocycles. The first kappa shape index (κ1) is 12.1. The zero-order chi connectivity index (χ0) is 13.0. The molecule has 2 rings (SSSR count). The second-order valence-electron chi connectivity index (χ2n) is 3.77. The van der Waals surface area contributed by atoms with E-state index in [0.29, 0.717) is 24.2 Å². The lowest BCUT2D eigenvalue weighted by molar-refractivity contribution is -0.108. The first-order valence-corrected chi connectivity index (χ1v) is 5.57. The molecule has 1 aromatic heterocycles. The summed E-state index contributed by atoms with van der Waals surface area (Å²) in [7, 11) is 0. The number of fused-ring (bicyclic) bond motifs is 1. The molecule has 0 bridgehead atoms. The van der Waals surface area contributed by atoms with Crippen LogP contribution in [0.2, 0.25) is 0 Å². The summed E-state index contributed by atoms with van der Waals surface area (Å²) in [6.45, 7) is 4.01. The molecule has 0 saturated heterocycles. The number of hydrogen-bond donors (Lipinski definition) is 0. The van der Waals surface area contributed by atoms with Gasteiger partial charge in [0.2, 0.25) is 0 Å². The largest absolute Gasteiger partial charge is 0.489 e. The lowest BCUT2D eigenvalue weighted by Gasteiger charge is -2.09. The fourth-order valence-corrected chi connectivity index (χ4v) is 1.78. The highest BCUT2D eigenvalue weighted by atomic mass is 16.5. The van der Waals surface area contributed by atoms with Gasteiger partial charge in [-0.3, -0.25) is 4.79 Å². The highest BCUT2D eigenvalue weighted by molar-refractivity contribution is 5.81. The normalized spacial score (nSPS) is 10.2. The standard InChI is InChI=1S/C14H13NO3/c1-2-9-18-12-5-3-11-4-6-14(17)15(7-8-16)13(11)10-12/h2-6,8,10H,1,7,9H2. The summed E-state index contributed by atoms with van der Waals surface area (Å²) in [5.74, 6) is 0.646. The lowest BCUT2D eigenvalue weighted by Crippen LogP contribution is -2.19. The van der Waals surface area contributed by atoms with E-state index in [4.69, 9.17) is 4.74 Å². The first-order valence-electron chi connectivity index (χ1n) is 5.57. The molecule has 0 saturated carbocycles. The SMILES string of the molecule is C=CCOc1ccc2ccc(=O)n(CC=O)c2c1. The van der Waals surface area contributed by atoms with Gasteiger partial charge in [0.1, 0.15) is 18.6 Å². The van der Waals surface area contributed by atoms with Crippen LogP contribution in [0.15, 0.2) is 47.8 Å². The third-order valence-electron chi connectivity index (χ3n) is 2.59. The summed E-state index contributed by atoms with van der Waals surface area (Å²) in [5, 5.41) is 0.891. The van der Waals surface area contributed by atoms with Crippen molar-refractivity contribution in [3.8, 4) is 5.75 Å². The number of carbonyl (C=O) groups is 1. The molecular weight excluding hydrogens is 230 g/mol. The summed E-state index contributed by atoms with van der Waals surface area (Å²) >= 11 is 0. The maximum absolute atomic E-state index is 11.7. The third kappa shape index (κ3) is 2.32. The van der Waals surface area contributed by atoms with Gasteiger partial charge in [-0.25, -0.2) is 0 Å². The van der Waals surface area contributed by atoms with Crippen LogP contribution in [0, 0.1) is 0 Å². The van der Waals surface area contributed by atoms with Crippen molar-refractivity contribution in [2.75, 3.05) is 6.61 Å². The molecule has 0 spiro atoms. The van der Waals surface area contributed by atoms with Crippen LogP contribution in [0.3, 0.4) is 0 Å². The van der Waals surface area contributed by atoms with E-state index in [0.717, 1.165) is 5.39 Å². The van der Waals surface area contributed by atoms with Gasteiger partial charge < -0.3 is 14.1 Å². The Kier molecular flexibility index (Phi) is 3.57. The lowest BCUT2D eigenvalue weighted by atomic mass is 10.2. The van der Waals surface area contributed by atoms with Gasteiger partial charge in [0, 0.05) is 12.1 Å². The van der Waals surface area contributed by atoms with Crippen LogP contribution in [0.4, 0.5) is 0 Å². The van der Waals surface area contributed by atoms with E-state index in [9.17, 15) is 9.59 Å². The zero-order valence-corrected chi connectivity index (χ0v) is 9.83. The van der Waals surface area contributed by atoms with Gasteiger partial charge in [0.15, 0.2) is 0 Å². The van der Waals surface area contributed by atoms with E-state index in [1.54, 1.807) is 18.2 Å². The summed E-state index contributed by atoms with van der Waals surface area (Å²) < 4.78 is 6.83. The van der Waals surface area contributed by atoms with Crippen LogP contribution in [-0.4, -0.2) is 17.5 Å². The Balaban J connectivity index is 2.57. The van der Waals surface area contributed by atoms with Crippen molar-refractivity contribution in [3.05, 3.63) is 53.3 Å². The first-order chi connectivity index (χ1) is 8.76. The Morgan fingerprint density at radius 2 is 2.06 bits per heavy atom. The van der Waals surface area contributed by atoms with E-state index in [1.165, 1.54) is 10.6 Å². The second-order valence-corrected chi connectivity index (χ2v) is 3.77. The topological polar surface area (TPSA) is 48.3 Å². The van der Waals surface area contributed by atoms with Crippen LogP contribution in [0.5, 0.6) is 5.75 Å². The minimum Gasteiger partial charge on any atom is -0.489 e. The van der Waals surface area contributed by atoms with Gasteiger partial charge in [-0.2, -0.15) is 0 Å². The van der Waals surface area contributed by atoms with Crippen molar-refractivity contribution in [2.24, 2.45) is 0 Å². The van der Waals surface area contributed by atoms with Crippen molar-refractivity contribution in [3.63, 3.8) is 0 Å². The van der Waals surface area contributed by atoms with Crippen molar-refractivity contribution < 1.29 is 9.53 Å². The predicted molar refractivity (Wildman–Crippen MR) is 70.0 cm³/mol. The molecular formula is C14H13NO3. The molecule has 0 aliphatic heterocycles. The minimum atomic E-state index is -0.199. The van der Waals surface area contributed by atoms with Crippen molar-refractivity contribution in [1.82, 2.24) is 4.57 Å². The average Bonchev–Trinajstić information content (AvgIpc) is 2.39. The van der Waals surface area contributed by atoms with Crippen LogP contribution in [0.1, 0.15) is 0 Å². The number of hydrogen-bond acceptors (Lipinski definition) is 3. The van der Waals surface area contributed by atoms with Gasteiger partial charge in [0.05, 0.1) is 12.1 Å². The van der Waals surface area contributed by atoms with Gasteiger partial charge >= 0.3 is 0 Å². The maximum Gasteiger partial charge on any atom is 0.251 e. The average molecular weight is 243 g/mol. The Hall–Kier alpha value is -2.36. The number of nitrogens with zero attached hydrogens (tertiary/aromatic N) is 1. The molecule has 0 atom stereocenters. The van der Waals surface area contributed by atoms with Crippen LogP contribution in [-0.2, 0) is 11.3 Å². The molecule has 0 unspecified atom stereocenters. The Morgan fingerprint density at radius 3 is 2.78 bits per heavy atom. The summed E-state index contributed by atoms with van der Waals surface area (Å²) in [6.07, 6.45) is 2.35. The van der Waals surface area contributed by atoms with Gasteiger partial charge in [-0.1, -0.05) is 12.7 Å². The molecule has 1 aromatic carbocycles. The van der Waals surface area contributed by atoms with E-state index >= 15 is 0 Å². The number of aromatic nitrogens is 1. The smallest absolute Gasteiger partial charge is 0.251 e. The second kappa shape index (κ2) is 5.31. The maximum atomic E-state index is 11.7. The monoisotopic (exact) mass is 243 g/mol. The number of carbonyl (C=O) groups excluding carboxylic acids is 1. The fourth-order valence-electron chi connectivity index (χ4n) is 1.78. The number of aldehydes is 1. The minimum absolute atomic E-state index is 0.0427. The number of rotatable bonds is 5. The van der Waals surface area contributed by atoms with Crippen molar-refractivity contribution in [2.45, 2.75) is 6.54 Å². The van der Waals surface area contributed by atoms with Gasteiger partial charge in [-0.15, -0.1) is 0 Å². The van der Waals surface area contributed by atoms with Gasteiger partial charge in [-0.05, 0) is 23.6 Å². The summed E-state index contributed by atoms with van der Waals surface area (Å²) in [4.78, 5) is 22.3. The van der Waals surface area contributed by atoms with Crippen molar-refractivity contribution in [1.29, 1.82) is 0 Å². The molecule has 2 aromatic rings. The predicted octanol–water partition coefficient (Wildman–Crippen LogP) is 1.77. The van der Waals surface area contributed by atoms with Crippen LogP contribution in [0.25, 0.3) is 10.9 Å². The molecule has 18 heavy (non-hydrogen) atoms. The quantitative estimate of drug-likeness (QED) is 0.594. The molecule has 0 radical (unpaired) electrons. The number of pyridine rings is 1. The Labute approximate surface area is 104 Å².